The van der Waals surface area contributed by atoms with Crippen molar-refractivity contribution in [3.63, 3.8) is 0 Å². The minimum atomic E-state index is -1.15. The zero-order valence-corrected chi connectivity index (χ0v) is 19.0. The van der Waals surface area contributed by atoms with Crippen molar-refractivity contribution in [1.29, 1.82) is 0 Å². The molecule has 0 aliphatic heterocycles. The maximum Gasteiger partial charge on any atom is 0.407 e. The first kappa shape index (κ1) is 23.7. The topological polar surface area (TPSA) is 123 Å². The van der Waals surface area contributed by atoms with Crippen molar-refractivity contribution in [1.82, 2.24) is 10.8 Å². The van der Waals surface area contributed by atoms with E-state index < -0.39 is 36.2 Å². The molecule has 2 aliphatic rings. The lowest BCUT2D eigenvalue weighted by atomic mass is 9.98. The van der Waals surface area contributed by atoms with E-state index in [2.05, 4.69) is 10.8 Å². The number of rotatable bonds is 10. The maximum absolute atomic E-state index is 12.7. The number of hydroxylamine groups is 1. The highest BCUT2D eigenvalue weighted by Crippen LogP contribution is 2.44. The van der Waals surface area contributed by atoms with Crippen LogP contribution in [-0.2, 0) is 23.9 Å². The number of carbonyl (C=O) groups excluding carboxylic acids is 2. The summed E-state index contributed by atoms with van der Waals surface area (Å²) >= 11 is 0. The number of ether oxygens (including phenoxy) is 2. The van der Waals surface area contributed by atoms with Gasteiger partial charge in [0.25, 0.3) is 5.91 Å². The lowest BCUT2D eigenvalue weighted by Crippen LogP contribution is -2.54. The van der Waals surface area contributed by atoms with Gasteiger partial charge in [0.1, 0.15) is 12.6 Å². The summed E-state index contributed by atoms with van der Waals surface area (Å²) < 4.78 is 10.7. The predicted octanol–water partition coefficient (Wildman–Crippen LogP) is 2.84. The first-order valence-corrected chi connectivity index (χ1v) is 11.2. The van der Waals surface area contributed by atoms with E-state index in [9.17, 15) is 19.5 Å². The molecule has 3 unspecified atom stereocenters. The normalized spacial score (nSPS) is 17.1. The Bertz CT molecular complexity index is 1020. The number of fused-ring (bicyclic) bond motifs is 3. The van der Waals surface area contributed by atoms with Gasteiger partial charge in [0.05, 0.1) is 6.10 Å². The fourth-order valence-electron chi connectivity index (χ4n) is 4.23. The Hall–Kier alpha value is -3.43. The van der Waals surface area contributed by atoms with Crippen molar-refractivity contribution in [3.05, 3.63) is 59.7 Å². The molecule has 1 fully saturated rings. The second-order valence-corrected chi connectivity index (χ2v) is 8.57. The molecule has 9 heteroatoms. The number of nitrogens with one attached hydrogen (secondary N) is 2. The van der Waals surface area contributed by atoms with Gasteiger partial charge in [-0.15, -0.1) is 0 Å². The molecule has 0 spiro atoms. The van der Waals surface area contributed by atoms with Crippen molar-refractivity contribution >= 4 is 18.0 Å². The minimum Gasteiger partial charge on any atom is -0.479 e. The molecule has 1 saturated carbocycles. The molecule has 34 heavy (non-hydrogen) atoms. The number of carboxylic acid groups (broad SMARTS) is 1. The van der Waals surface area contributed by atoms with E-state index in [4.69, 9.17) is 14.3 Å². The van der Waals surface area contributed by atoms with Crippen LogP contribution in [0.5, 0.6) is 0 Å². The molecule has 3 N–H and O–H groups in total. The number of carboxylic acids is 1. The van der Waals surface area contributed by atoms with Crippen molar-refractivity contribution in [2.75, 3.05) is 13.7 Å². The largest absolute Gasteiger partial charge is 0.479 e. The summed E-state index contributed by atoms with van der Waals surface area (Å²) in [7, 11) is 1.40. The quantitative estimate of drug-likeness (QED) is 0.458. The van der Waals surface area contributed by atoms with Gasteiger partial charge >= 0.3 is 12.1 Å². The molecule has 180 valence electrons. The third-order valence-electron chi connectivity index (χ3n) is 6.32. The van der Waals surface area contributed by atoms with Crippen LogP contribution in [0.1, 0.15) is 36.8 Å². The molecule has 0 heterocycles. The van der Waals surface area contributed by atoms with Crippen molar-refractivity contribution in [3.8, 4) is 11.1 Å². The van der Waals surface area contributed by atoms with E-state index in [1.807, 2.05) is 48.5 Å². The molecule has 2 aromatic carbocycles. The highest BCUT2D eigenvalue weighted by atomic mass is 16.7. The zero-order chi connectivity index (χ0) is 24.2. The molecule has 2 aliphatic carbocycles. The van der Waals surface area contributed by atoms with E-state index in [1.165, 1.54) is 7.11 Å². The van der Waals surface area contributed by atoms with Crippen LogP contribution in [0.3, 0.4) is 0 Å². The van der Waals surface area contributed by atoms with Crippen LogP contribution in [0.15, 0.2) is 48.5 Å². The number of alkyl carbamates (subject to hydrolysis) is 1. The van der Waals surface area contributed by atoms with Gasteiger partial charge in [0.2, 0.25) is 0 Å². The van der Waals surface area contributed by atoms with Gasteiger partial charge in [-0.05, 0) is 47.9 Å². The van der Waals surface area contributed by atoms with Crippen molar-refractivity contribution < 1.29 is 33.8 Å². The molecule has 0 aromatic heterocycles. The van der Waals surface area contributed by atoms with E-state index in [0.29, 0.717) is 0 Å². The van der Waals surface area contributed by atoms with E-state index in [0.717, 1.165) is 35.1 Å². The molecule has 0 radical (unpaired) electrons. The second kappa shape index (κ2) is 10.2. The smallest absolute Gasteiger partial charge is 0.407 e. The fraction of sp³-hybridized carbons (Fsp3) is 0.400. The van der Waals surface area contributed by atoms with E-state index >= 15 is 0 Å². The summed E-state index contributed by atoms with van der Waals surface area (Å²) in [5, 5.41) is 11.8. The maximum atomic E-state index is 12.7. The van der Waals surface area contributed by atoms with Crippen LogP contribution >= 0.6 is 0 Å². The summed E-state index contributed by atoms with van der Waals surface area (Å²) in [6.07, 6.45) is -1.18. The Morgan fingerprint density at radius 1 is 1.03 bits per heavy atom. The van der Waals surface area contributed by atoms with Crippen LogP contribution in [0.2, 0.25) is 0 Å². The summed E-state index contributed by atoms with van der Waals surface area (Å²) in [6, 6.07) is 14.8. The number of carbonyl (C=O) groups is 3. The number of hydrogen-bond acceptors (Lipinski definition) is 6. The standard InChI is InChI=1S/C25H28N2O7/c1-14(32-2)21(23(28)27-34-22(24(29)30)15-11-12-15)26-25(31)33-13-20-18-9-5-3-7-16(18)17-8-4-6-10-19(17)20/h3-10,14-15,20-22H,11-13H2,1-2H3,(H,26,31)(H,27,28)(H,29,30). The lowest BCUT2D eigenvalue weighted by molar-refractivity contribution is -0.164. The second-order valence-electron chi connectivity index (χ2n) is 8.57. The van der Waals surface area contributed by atoms with Gasteiger partial charge in [0.15, 0.2) is 6.10 Å². The first-order valence-electron chi connectivity index (χ1n) is 11.2. The third kappa shape index (κ3) is 5.05. The van der Waals surface area contributed by atoms with Crippen LogP contribution in [0, 0.1) is 5.92 Å². The van der Waals surface area contributed by atoms with Crippen molar-refractivity contribution in [2.24, 2.45) is 5.92 Å². The molecule has 9 nitrogen and oxygen atoms in total. The Labute approximate surface area is 197 Å². The number of hydrogen-bond donors (Lipinski definition) is 3. The van der Waals surface area contributed by atoms with Crippen LogP contribution in [0.4, 0.5) is 4.79 Å². The number of amides is 2. The highest BCUT2D eigenvalue weighted by Gasteiger charge is 2.39. The van der Waals surface area contributed by atoms with Gasteiger partial charge in [-0.3, -0.25) is 9.63 Å². The summed E-state index contributed by atoms with van der Waals surface area (Å²) in [5.74, 6) is -2.13. The Morgan fingerprint density at radius 2 is 1.62 bits per heavy atom. The molecular formula is C25H28N2O7. The van der Waals surface area contributed by atoms with Gasteiger partial charge in [0, 0.05) is 13.0 Å². The van der Waals surface area contributed by atoms with Gasteiger partial charge in [-0.25, -0.2) is 15.1 Å². The molecular weight excluding hydrogens is 440 g/mol. The Morgan fingerprint density at radius 3 is 2.15 bits per heavy atom. The van der Waals surface area contributed by atoms with Crippen LogP contribution in [-0.4, -0.2) is 55.0 Å². The lowest BCUT2D eigenvalue weighted by Gasteiger charge is -2.24. The average molecular weight is 469 g/mol. The van der Waals surface area contributed by atoms with E-state index in [-0.39, 0.29) is 18.4 Å². The summed E-state index contributed by atoms with van der Waals surface area (Å²) in [4.78, 5) is 41.7. The molecule has 0 saturated heterocycles. The monoisotopic (exact) mass is 468 g/mol. The van der Waals surface area contributed by atoms with Crippen LogP contribution in [0.25, 0.3) is 11.1 Å². The minimum absolute atomic E-state index is 0.0921. The highest BCUT2D eigenvalue weighted by molar-refractivity contribution is 5.86. The molecule has 4 rings (SSSR count). The van der Waals surface area contributed by atoms with Gasteiger partial charge in [-0.1, -0.05) is 48.5 Å². The van der Waals surface area contributed by atoms with Gasteiger partial charge < -0.3 is 19.9 Å². The molecule has 3 atom stereocenters. The number of benzene rings is 2. The summed E-state index contributed by atoms with van der Waals surface area (Å²) in [5.41, 5.74) is 6.52. The average Bonchev–Trinajstić information content (AvgIpc) is 3.62. The fourth-order valence-corrected chi connectivity index (χ4v) is 4.23. The number of aliphatic carboxylic acids is 1. The zero-order valence-electron chi connectivity index (χ0n) is 19.0. The number of methoxy groups -OCH3 is 1. The molecule has 2 amide bonds. The van der Waals surface area contributed by atoms with E-state index in [1.54, 1.807) is 6.92 Å². The Balaban J connectivity index is 1.38. The van der Waals surface area contributed by atoms with Crippen molar-refractivity contribution in [2.45, 2.75) is 43.9 Å². The predicted molar refractivity (Wildman–Crippen MR) is 122 cm³/mol. The third-order valence-corrected chi connectivity index (χ3v) is 6.32. The SMILES string of the molecule is COC(C)C(NC(=O)OCC1c2ccccc2-c2ccccc21)C(=O)NOC(C(=O)O)C1CC1. The summed E-state index contributed by atoms with van der Waals surface area (Å²) in [6.45, 7) is 1.69. The first-order chi connectivity index (χ1) is 16.4. The Kier molecular flexibility index (Phi) is 7.14. The van der Waals surface area contributed by atoms with Crippen LogP contribution < -0.4 is 10.8 Å². The van der Waals surface area contributed by atoms with Gasteiger partial charge in [-0.2, -0.15) is 0 Å². The molecule has 0 bridgehead atoms. The molecule has 2 aromatic rings.